The Kier molecular flexibility index (Phi) is 2.66. The van der Waals surface area contributed by atoms with Crippen molar-refractivity contribution in [2.75, 3.05) is 5.32 Å². The van der Waals surface area contributed by atoms with Crippen molar-refractivity contribution in [3.05, 3.63) is 28.9 Å². The van der Waals surface area contributed by atoms with Gasteiger partial charge in [-0.25, -0.2) is 4.79 Å². The van der Waals surface area contributed by atoms with E-state index in [1.165, 1.54) is 0 Å². The molecule has 0 atom stereocenters. The van der Waals surface area contributed by atoms with Crippen molar-refractivity contribution in [1.82, 2.24) is 4.98 Å². The highest BCUT2D eigenvalue weighted by atomic mass is 79.9. The minimum atomic E-state index is -1.51. The molecule has 0 radical (unpaired) electrons. The Balaban J connectivity index is 2.41. The predicted molar refractivity (Wildman–Crippen MR) is 62.3 cm³/mol. The number of rotatable bonds is 1. The molecule has 2 aromatic rings. The molecule has 0 saturated carbocycles. The van der Waals surface area contributed by atoms with Gasteiger partial charge < -0.3 is 15.4 Å². The quantitative estimate of drug-likeness (QED) is 0.699. The van der Waals surface area contributed by atoms with Gasteiger partial charge in [0.05, 0.1) is 5.69 Å². The van der Waals surface area contributed by atoms with Crippen LogP contribution in [0, 0.1) is 0 Å². The molecule has 0 spiro atoms. The first kappa shape index (κ1) is 10.7. The van der Waals surface area contributed by atoms with Crippen molar-refractivity contribution in [3.8, 4) is 0 Å². The van der Waals surface area contributed by atoms with Crippen molar-refractivity contribution < 1.29 is 14.7 Å². The van der Waals surface area contributed by atoms with Gasteiger partial charge in [-0.1, -0.05) is 15.9 Å². The van der Waals surface area contributed by atoms with Crippen molar-refractivity contribution in [3.63, 3.8) is 0 Å². The van der Waals surface area contributed by atoms with Crippen LogP contribution in [-0.2, 0) is 9.59 Å². The Morgan fingerprint density at radius 3 is 2.81 bits per heavy atom. The number of hydrogen-bond donors (Lipinski definition) is 3. The number of aromatic nitrogens is 1. The monoisotopic (exact) mass is 282 g/mol. The molecule has 0 saturated heterocycles. The maximum atomic E-state index is 11.0. The summed E-state index contributed by atoms with van der Waals surface area (Å²) in [5.74, 6) is -2.56. The number of benzene rings is 1. The molecule has 1 aromatic heterocycles. The van der Waals surface area contributed by atoms with Crippen LogP contribution in [0.5, 0.6) is 0 Å². The van der Waals surface area contributed by atoms with Gasteiger partial charge in [0.2, 0.25) is 0 Å². The number of carbonyl (C=O) groups excluding carboxylic acids is 1. The standard InChI is InChI=1S/C10H7BrN2O3/c11-5-1-2-7-6(3-5)8(4-12-7)13-9(14)10(15)16/h1-4,12H,(H,13,14)(H,15,16). The van der Waals surface area contributed by atoms with Gasteiger partial charge in [0.25, 0.3) is 0 Å². The van der Waals surface area contributed by atoms with E-state index in [0.29, 0.717) is 5.69 Å². The summed E-state index contributed by atoms with van der Waals surface area (Å²) >= 11 is 3.30. The summed E-state index contributed by atoms with van der Waals surface area (Å²) in [6.45, 7) is 0. The number of anilines is 1. The van der Waals surface area contributed by atoms with E-state index in [-0.39, 0.29) is 0 Å². The van der Waals surface area contributed by atoms with Crippen molar-refractivity contribution >= 4 is 44.4 Å². The molecule has 2 rings (SSSR count). The molecule has 16 heavy (non-hydrogen) atoms. The maximum absolute atomic E-state index is 11.0. The molecule has 0 aliphatic rings. The average Bonchev–Trinajstić information content (AvgIpc) is 2.61. The number of halogens is 1. The lowest BCUT2D eigenvalue weighted by Crippen LogP contribution is -2.21. The molecular formula is C10H7BrN2O3. The van der Waals surface area contributed by atoms with Crippen LogP contribution in [0.25, 0.3) is 10.9 Å². The Morgan fingerprint density at radius 1 is 1.38 bits per heavy atom. The Bertz CT molecular complexity index is 576. The third-order valence-electron chi connectivity index (χ3n) is 2.09. The highest BCUT2D eigenvalue weighted by molar-refractivity contribution is 9.10. The van der Waals surface area contributed by atoms with E-state index in [2.05, 4.69) is 26.2 Å². The van der Waals surface area contributed by atoms with Crippen LogP contribution in [0.4, 0.5) is 5.69 Å². The third-order valence-corrected chi connectivity index (χ3v) is 2.58. The normalized spacial score (nSPS) is 10.3. The number of carboxylic acid groups (broad SMARTS) is 1. The van der Waals surface area contributed by atoms with Crippen LogP contribution in [0.15, 0.2) is 28.9 Å². The number of aromatic amines is 1. The largest absolute Gasteiger partial charge is 0.474 e. The zero-order chi connectivity index (χ0) is 11.7. The molecule has 82 valence electrons. The number of hydrogen-bond acceptors (Lipinski definition) is 2. The van der Waals surface area contributed by atoms with E-state index in [4.69, 9.17) is 5.11 Å². The highest BCUT2D eigenvalue weighted by Gasteiger charge is 2.13. The van der Waals surface area contributed by atoms with Gasteiger partial charge in [0.15, 0.2) is 0 Å². The molecule has 0 fully saturated rings. The number of nitrogens with one attached hydrogen (secondary N) is 2. The minimum Gasteiger partial charge on any atom is -0.474 e. The van der Waals surface area contributed by atoms with Gasteiger partial charge in [0.1, 0.15) is 0 Å². The third kappa shape index (κ3) is 1.92. The number of amides is 1. The highest BCUT2D eigenvalue weighted by Crippen LogP contribution is 2.26. The van der Waals surface area contributed by atoms with Crippen LogP contribution < -0.4 is 5.32 Å². The first-order valence-corrected chi connectivity index (χ1v) is 5.18. The van der Waals surface area contributed by atoms with Crippen molar-refractivity contribution in [2.24, 2.45) is 0 Å². The first-order chi connectivity index (χ1) is 7.58. The second-order valence-electron chi connectivity index (χ2n) is 3.15. The fourth-order valence-corrected chi connectivity index (χ4v) is 1.73. The summed E-state index contributed by atoms with van der Waals surface area (Å²) in [5, 5.41) is 11.5. The number of H-pyrrole nitrogens is 1. The first-order valence-electron chi connectivity index (χ1n) is 4.39. The fraction of sp³-hybridized carbons (Fsp3) is 0. The smallest absolute Gasteiger partial charge is 0.394 e. The lowest BCUT2D eigenvalue weighted by molar-refractivity contribution is -0.147. The Morgan fingerprint density at radius 2 is 2.12 bits per heavy atom. The molecular weight excluding hydrogens is 276 g/mol. The van der Waals surface area contributed by atoms with Crippen LogP contribution in [0.2, 0.25) is 0 Å². The number of aliphatic carboxylic acids is 1. The molecule has 1 heterocycles. The van der Waals surface area contributed by atoms with E-state index in [9.17, 15) is 9.59 Å². The summed E-state index contributed by atoms with van der Waals surface area (Å²) < 4.78 is 0.852. The maximum Gasteiger partial charge on any atom is 0.394 e. The lowest BCUT2D eigenvalue weighted by Gasteiger charge is -1.99. The van der Waals surface area contributed by atoms with E-state index in [1.54, 1.807) is 12.3 Å². The molecule has 0 bridgehead atoms. The van der Waals surface area contributed by atoms with Crippen LogP contribution in [-0.4, -0.2) is 22.0 Å². The molecule has 0 aliphatic carbocycles. The van der Waals surface area contributed by atoms with E-state index in [0.717, 1.165) is 15.4 Å². The Labute approximate surface area is 98.6 Å². The zero-order valence-corrected chi connectivity index (χ0v) is 9.54. The second kappa shape index (κ2) is 3.97. The summed E-state index contributed by atoms with van der Waals surface area (Å²) in [6.07, 6.45) is 1.55. The van der Waals surface area contributed by atoms with Crippen LogP contribution in [0.3, 0.4) is 0 Å². The Hall–Kier alpha value is -1.82. The van der Waals surface area contributed by atoms with E-state index in [1.807, 2.05) is 12.1 Å². The summed E-state index contributed by atoms with van der Waals surface area (Å²) in [4.78, 5) is 24.3. The van der Waals surface area contributed by atoms with Gasteiger partial charge in [-0.3, -0.25) is 4.79 Å². The number of carboxylic acids is 1. The zero-order valence-electron chi connectivity index (χ0n) is 7.95. The fourth-order valence-electron chi connectivity index (χ4n) is 1.37. The molecule has 6 heteroatoms. The molecule has 0 unspecified atom stereocenters. The summed E-state index contributed by atoms with van der Waals surface area (Å²) in [5.41, 5.74) is 1.27. The van der Waals surface area contributed by atoms with Gasteiger partial charge in [0, 0.05) is 21.6 Å². The average molecular weight is 283 g/mol. The number of carbonyl (C=O) groups is 2. The van der Waals surface area contributed by atoms with Gasteiger partial charge in [-0.15, -0.1) is 0 Å². The summed E-state index contributed by atoms with van der Waals surface area (Å²) in [7, 11) is 0. The van der Waals surface area contributed by atoms with E-state index >= 15 is 0 Å². The van der Waals surface area contributed by atoms with Gasteiger partial charge in [-0.2, -0.15) is 0 Å². The van der Waals surface area contributed by atoms with E-state index < -0.39 is 11.9 Å². The minimum absolute atomic E-state index is 0.448. The number of fused-ring (bicyclic) bond motifs is 1. The SMILES string of the molecule is O=C(O)C(=O)Nc1c[nH]c2ccc(Br)cc12. The topological polar surface area (TPSA) is 82.2 Å². The molecule has 3 N–H and O–H groups in total. The van der Waals surface area contributed by atoms with Crippen molar-refractivity contribution in [1.29, 1.82) is 0 Å². The molecule has 1 aromatic carbocycles. The summed E-state index contributed by atoms with van der Waals surface area (Å²) in [6, 6.07) is 5.47. The second-order valence-corrected chi connectivity index (χ2v) is 4.07. The van der Waals surface area contributed by atoms with Crippen LogP contribution >= 0.6 is 15.9 Å². The van der Waals surface area contributed by atoms with Gasteiger partial charge in [-0.05, 0) is 18.2 Å². The van der Waals surface area contributed by atoms with Crippen molar-refractivity contribution in [2.45, 2.75) is 0 Å². The van der Waals surface area contributed by atoms with Gasteiger partial charge >= 0.3 is 11.9 Å². The molecule has 0 aliphatic heterocycles. The lowest BCUT2D eigenvalue weighted by atomic mass is 10.2. The molecule has 1 amide bonds. The molecule has 5 nitrogen and oxygen atoms in total. The predicted octanol–water partition coefficient (Wildman–Crippen LogP) is 1.95. The van der Waals surface area contributed by atoms with Crippen LogP contribution in [0.1, 0.15) is 0 Å².